The topological polar surface area (TPSA) is 9.23 Å². The van der Waals surface area contributed by atoms with Crippen LogP contribution in [0.2, 0.25) is 0 Å². The second-order valence-electron chi connectivity index (χ2n) is 15.4. The third-order valence-electron chi connectivity index (χ3n) is 13.2. The molecule has 1 aliphatic heterocycles. The Bertz CT molecular complexity index is 3100. The van der Waals surface area contributed by atoms with Gasteiger partial charge in [0, 0.05) is 11.1 Å². The molecule has 0 aromatic heterocycles. The van der Waals surface area contributed by atoms with Crippen molar-refractivity contribution in [1.29, 1.82) is 0 Å². The predicted molar refractivity (Wildman–Crippen MR) is 223 cm³/mol. The highest BCUT2D eigenvalue weighted by molar-refractivity contribution is 6.07. The van der Waals surface area contributed by atoms with Crippen LogP contribution < -0.4 is 4.74 Å². The molecule has 254 valence electrons. The summed E-state index contributed by atoms with van der Waals surface area (Å²) in [6.45, 7) is 0. The van der Waals surface area contributed by atoms with E-state index in [1.165, 1.54) is 94.2 Å². The summed E-state index contributed by atoms with van der Waals surface area (Å²) in [5.74, 6) is 1.81. The third kappa shape index (κ3) is 3.42. The molecule has 13 rings (SSSR count). The fourth-order valence-electron chi connectivity index (χ4n) is 11.2. The third-order valence-corrected chi connectivity index (χ3v) is 13.2. The smallest absolute Gasteiger partial charge is 0.132 e. The molecule has 0 radical (unpaired) electrons. The van der Waals surface area contributed by atoms with Crippen LogP contribution in [-0.2, 0) is 10.8 Å². The van der Waals surface area contributed by atoms with Crippen molar-refractivity contribution in [1.82, 2.24) is 0 Å². The van der Waals surface area contributed by atoms with Crippen LogP contribution in [0.4, 0.5) is 0 Å². The molecule has 9 aromatic rings. The molecule has 1 unspecified atom stereocenters. The lowest BCUT2D eigenvalue weighted by Crippen LogP contribution is -2.32. The van der Waals surface area contributed by atoms with Gasteiger partial charge in [-0.15, -0.1) is 0 Å². The van der Waals surface area contributed by atoms with Crippen molar-refractivity contribution in [3.8, 4) is 56.0 Å². The zero-order chi connectivity index (χ0) is 35.9. The average molecular weight is 697 g/mol. The molecule has 0 bridgehead atoms. The molecule has 9 aromatic carbocycles. The minimum atomic E-state index is -0.490. The molecule has 0 saturated heterocycles. The number of benzene rings is 9. The van der Waals surface area contributed by atoms with Crippen molar-refractivity contribution in [3.05, 3.63) is 239 Å². The lowest BCUT2D eigenvalue weighted by atomic mass is 9.65. The van der Waals surface area contributed by atoms with Crippen molar-refractivity contribution in [2.24, 2.45) is 0 Å². The molecule has 3 aliphatic carbocycles. The van der Waals surface area contributed by atoms with Crippen molar-refractivity contribution in [2.75, 3.05) is 0 Å². The van der Waals surface area contributed by atoms with Gasteiger partial charge in [0.25, 0.3) is 0 Å². The fourth-order valence-corrected chi connectivity index (χ4v) is 11.2. The van der Waals surface area contributed by atoms with E-state index in [0.717, 1.165) is 17.1 Å². The Hall–Kier alpha value is -6.96. The van der Waals surface area contributed by atoms with Gasteiger partial charge >= 0.3 is 0 Å². The first-order valence-corrected chi connectivity index (χ1v) is 19.3. The van der Waals surface area contributed by atoms with Crippen molar-refractivity contribution in [2.45, 2.75) is 10.8 Å². The maximum Gasteiger partial charge on any atom is 0.132 e. The first-order chi connectivity index (χ1) is 27.3. The minimum Gasteiger partial charge on any atom is -0.457 e. The molecule has 1 nitrogen and oxygen atoms in total. The quantitative estimate of drug-likeness (QED) is 0.166. The first kappa shape index (κ1) is 29.5. The van der Waals surface area contributed by atoms with E-state index in [1.807, 2.05) is 0 Å². The highest BCUT2D eigenvalue weighted by atomic mass is 16.5. The number of ether oxygens (including phenoxy) is 1. The molecule has 1 heteroatoms. The van der Waals surface area contributed by atoms with Gasteiger partial charge in [-0.3, -0.25) is 0 Å². The number of rotatable bonds is 1. The van der Waals surface area contributed by atoms with Crippen molar-refractivity contribution < 1.29 is 4.74 Å². The largest absolute Gasteiger partial charge is 0.457 e. The Labute approximate surface area is 319 Å². The van der Waals surface area contributed by atoms with Crippen LogP contribution in [0.15, 0.2) is 194 Å². The lowest BCUT2D eigenvalue weighted by molar-refractivity contribution is 0.436. The van der Waals surface area contributed by atoms with E-state index in [9.17, 15) is 0 Å². The van der Waals surface area contributed by atoms with Gasteiger partial charge in [0.2, 0.25) is 0 Å². The van der Waals surface area contributed by atoms with Gasteiger partial charge in [-0.2, -0.15) is 0 Å². The monoisotopic (exact) mass is 696 g/mol. The zero-order valence-electron chi connectivity index (χ0n) is 29.9. The van der Waals surface area contributed by atoms with Gasteiger partial charge in [0.1, 0.15) is 11.5 Å². The second kappa shape index (κ2) is 10.4. The Morgan fingerprint density at radius 3 is 1.56 bits per heavy atom. The Kier molecular flexibility index (Phi) is 5.56. The molecule has 1 atom stereocenters. The molecular weight excluding hydrogens is 665 g/mol. The summed E-state index contributed by atoms with van der Waals surface area (Å²) in [6.07, 6.45) is 0. The van der Waals surface area contributed by atoms with Crippen LogP contribution in [0.3, 0.4) is 0 Å². The van der Waals surface area contributed by atoms with Gasteiger partial charge < -0.3 is 4.74 Å². The lowest BCUT2D eigenvalue weighted by Gasteiger charge is -2.39. The normalized spacial score (nSPS) is 16.7. The summed E-state index contributed by atoms with van der Waals surface area (Å²) < 4.78 is 7.02. The van der Waals surface area contributed by atoms with Crippen LogP contribution in [0.1, 0.15) is 44.5 Å². The average Bonchev–Trinajstić information content (AvgIpc) is 3.84. The SMILES string of the molecule is c1ccc2c(c1)Oc1cc(-c3cccc4c3C3(c5ccccc5-4)c4ccccc4-c4c3ccc3ccccc43)ccc1C21c2ccccc2-c2ccccc21. The highest BCUT2D eigenvalue weighted by Crippen LogP contribution is 2.66. The van der Waals surface area contributed by atoms with Crippen molar-refractivity contribution >= 4 is 10.8 Å². The van der Waals surface area contributed by atoms with Crippen LogP contribution in [0.25, 0.3) is 55.3 Å². The predicted octanol–water partition coefficient (Wildman–Crippen LogP) is 13.3. The number of hydrogen-bond donors (Lipinski definition) is 0. The summed E-state index contributed by atoms with van der Waals surface area (Å²) in [5, 5.41) is 2.57. The second-order valence-corrected chi connectivity index (χ2v) is 15.4. The van der Waals surface area contributed by atoms with E-state index in [1.54, 1.807) is 0 Å². The van der Waals surface area contributed by atoms with Crippen molar-refractivity contribution in [3.63, 3.8) is 0 Å². The fraction of sp³-hybridized carbons (Fsp3) is 0.0370. The summed E-state index contributed by atoms with van der Waals surface area (Å²) in [5.41, 5.74) is 19.6. The number of hydrogen-bond acceptors (Lipinski definition) is 1. The molecule has 4 aliphatic rings. The summed E-state index contributed by atoms with van der Waals surface area (Å²) in [4.78, 5) is 0. The van der Waals surface area contributed by atoms with E-state index >= 15 is 0 Å². The molecule has 1 heterocycles. The molecule has 0 saturated carbocycles. The molecule has 0 N–H and O–H groups in total. The summed E-state index contributed by atoms with van der Waals surface area (Å²) in [6, 6.07) is 72.3. The molecule has 55 heavy (non-hydrogen) atoms. The maximum absolute atomic E-state index is 7.02. The van der Waals surface area contributed by atoms with Crippen LogP contribution >= 0.6 is 0 Å². The van der Waals surface area contributed by atoms with E-state index in [-0.39, 0.29) is 0 Å². The Morgan fingerprint density at radius 1 is 0.309 bits per heavy atom. The maximum atomic E-state index is 7.02. The number of fused-ring (bicyclic) bond motifs is 21. The van der Waals surface area contributed by atoms with Gasteiger partial charge in [-0.25, -0.2) is 0 Å². The summed E-state index contributed by atoms with van der Waals surface area (Å²) >= 11 is 0. The van der Waals surface area contributed by atoms with E-state index in [4.69, 9.17) is 4.74 Å². The molecule has 0 fully saturated rings. The standard InChI is InChI=1S/C54H32O/c1-2-15-35-33(14-1)28-31-48-51(35)41-19-6-10-25-45(41)54(48)44-24-9-5-18-39(44)40-21-13-20-36(52(40)54)34-29-30-47-50(32-34)55-49-27-12-11-26-46(49)53(47)42-22-7-3-16-37(42)38-17-4-8-23-43(38)53/h1-32H. The van der Waals surface area contributed by atoms with Crippen LogP contribution in [0, 0.1) is 0 Å². The minimum absolute atomic E-state index is 0.480. The van der Waals surface area contributed by atoms with Crippen LogP contribution in [0.5, 0.6) is 11.5 Å². The van der Waals surface area contributed by atoms with Crippen LogP contribution in [-0.4, -0.2) is 0 Å². The first-order valence-electron chi connectivity index (χ1n) is 19.3. The van der Waals surface area contributed by atoms with Gasteiger partial charge in [-0.05, 0) is 101 Å². The highest BCUT2D eigenvalue weighted by Gasteiger charge is 2.54. The summed E-state index contributed by atoms with van der Waals surface area (Å²) in [7, 11) is 0. The molecule has 0 amide bonds. The van der Waals surface area contributed by atoms with E-state index in [0.29, 0.717) is 0 Å². The Morgan fingerprint density at radius 2 is 0.818 bits per heavy atom. The van der Waals surface area contributed by atoms with Gasteiger partial charge in [-0.1, -0.05) is 182 Å². The van der Waals surface area contributed by atoms with E-state index in [2.05, 4.69) is 194 Å². The van der Waals surface area contributed by atoms with Gasteiger partial charge in [0.05, 0.1) is 10.8 Å². The number of para-hydroxylation sites is 1. The van der Waals surface area contributed by atoms with E-state index < -0.39 is 10.8 Å². The molecule has 2 spiro atoms. The molecular formula is C54H32O. The van der Waals surface area contributed by atoms with Gasteiger partial charge in [0.15, 0.2) is 0 Å². The zero-order valence-corrected chi connectivity index (χ0v) is 29.9. The Balaban J connectivity index is 1.11.